The van der Waals surface area contributed by atoms with Crippen molar-refractivity contribution in [1.29, 1.82) is 0 Å². The molecule has 0 bridgehead atoms. The van der Waals surface area contributed by atoms with Crippen molar-refractivity contribution in [3.8, 4) is 0 Å². The van der Waals surface area contributed by atoms with Gasteiger partial charge in [-0.3, -0.25) is 14.4 Å². The van der Waals surface area contributed by atoms with Gasteiger partial charge in [0.05, 0.1) is 12.4 Å². The maximum Gasteiger partial charge on any atom is 0.326 e. The maximum absolute atomic E-state index is 12.8. The number of carboxylic acid groups (broad SMARTS) is 1. The number of hydrogen-bond acceptors (Lipinski definition) is 8. The molecular formula is C20H34N6O5S2. The molecule has 5 unspecified atom stereocenters. The minimum Gasteiger partial charge on any atom is -0.480 e. The Balaban J connectivity index is 2.81. The summed E-state index contributed by atoms with van der Waals surface area (Å²) in [6.07, 6.45) is 5.93. The average Bonchev–Trinajstić information content (AvgIpc) is 3.30. The van der Waals surface area contributed by atoms with E-state index in [1.807, 2.05) is 13.2 Å². The Morgan fingerprint density at radius 1 is 1.18 bits per heavy atom. The number of rotatable bonds is 15. The van der Waals surface area contributed by atoms with E-state index in [0.29, 0.717) is 17.9 Å². The van der Waals surface area contributed by atoms with Crippen LogP contribution in [-0.2, 0) is 25.6 Å². The van der Waals surface area contributed by atoms with Crippen LogP contribution >= 0.6 is 24.4 Å². The molecule has 0 radical (unpaired) electrons. The number of amides is 3. The Hall–Kier alpha value is -2.25. The van der Waals surface area contributed by atoms with Crippen LogP contribution in [-0.4, -0.2) is 80.7 Å². The number of H-pyrrole nitrogens is 1. The number of nitrogens with one attached hydrogen (secondary N) is 4. The zero-order valence-electron chi connectivity index (χ0n) is 19.0. The van der Waals surface area contributed by atoms with Gasteiger partial charge in [0.1, 0.15) is 18.1 Å². The van der Waals surface area contributed by atoms with Gasteiger partial charge in [0.15, 0.2) is 0 Å². The molecule has 11 nitrogen and oxygen atoms in total. The van der Waals surface area contributed by atoms with Crippen molar-refractivity contribution < 1.29 is 24.3 Å². The van der Waals surface area contributed by atoms with Crippen LogP contribution in [0.4, 0.5) is 0 Å². The van der Waals surface area contributed by atoms with Crippen molar-refractivity contribution in [3.05, 3.63) is 18.2 Å². The second-order valence-electron chi connectivity index (χ2n) is 7.68. The van der Waals surface area contributed by atoms with Gasteiger partial charge in [-0.2, -0.15) is 24.4 Å². The largest absolute Gasteiger partial charge is 0.480 e. The number of carboxylic acids is 1. The molecule has 0 fully saturated rings. The topological polar surface area (TPSA) is 179 Å². The lowest BCUT2D eigenvalue weighted by Gasteiger charge is -2.26. The predicted molar refractivity (Wildman–Crippen MR) is 130 cm³/mol. The molecule has 0 aliphatic heterocycles. The quantitative estimate of drug-likeness (QED) is 0.158. The molecule has 1 rings (SSSR count). The minimum absolute atomic E-state index is 0.0180. The van der Waals surface area contributed by atoms with Gasteiger partial charge in [0, 0.05) is 24.1 Å². The molecule has 3 amide bonds. The van der Waals surface area contributed by atoms with Crippen LogP contribution in [0.25, 0.3) is 0 Å². The molecule has 0 saturated carbocycles. The molecule has 1 aromatic heterocycles. The summed E-state index contributed by atoms with van der Waals surface area (Å²) < 4.78 is 0. The van der Waals surface area contributed by atoms with Gasteiger partial charge in [0.25, 0.3) is 0 Å². The zero-order valence-corrected chi connectivity index (χ0v) is 20.7. The summed E-state index contributed by atoms with van der Waals surface area (Å²) in [4.78, 5) is 56.3. The lowest BCUT2D eigenvalue weighted by molar-refractivity contribution is -0.143. The first-order valence-corrected chi connectivity index (χ1v) is 12.6. The number of aliphatic carboxylic acids is 1. The van der Waals surface area contributed by atoms with Crippen molar-refractivity contribution in [1.82, 2.24) is 25.9 Å². The number of aromatic amines is 1. The number of nitrogens with zero attached hydrogens (tertiary/aromatic N) is 1. The van der Waals surface area contributed by atoms with Crippen molar-refractivity contribution in [2.24, 2.45) is 11.7 Å². The van der Waals surface area contributed by atoms with Crippen molar-refractivity contribution in [3.63, 3.8) is 0 Å². The highest BCUT2D eigenvalue weighted by molar-refractivity contribution is 7.98. The first-order chi connectivity index (χ1) is 15.6. The molecule has 0 aliphatic carbocycles. The van der Waals surface area contributed by atoms with Gasteiger partial charge < -0.3 is 31.8 Å². The Bertz CT molecular complexity index is 779. The number of thiol groups is 1. The molecule has 0 spiro atoms. The van der Waals surface area contributed by atoms with E-state index in [9.17, 15) is 24.3 Å². The van der Waals surface area contributed by atoms with E-state index < -0.39 is 47.9 Å². The zero-order chi connectivity index (χ0) is 25.0. The van der Waals surface area contributed by atoms with E-state index in [0.717, 1.165) is 0 Å². The Morgan fingerprint density at radius 3 is 2.33 bits per heavy atom. The summed E-state index contributed by atoms with van der Waals surface area (Å²) >= 11 is 5.62. The van der Waals surface area contributed by atoms with Crippen LogP contribution in [0.3, 0.4) is 0 Å². The monoisotopic (exact) mass is 502 g/mol. The third-order valence-electron chi connectivity index (χ3n) is 5.17. The highest BCUT2D eigenvalue weighted by atomic mass is 32.2. The van der Waals surface area contributed by atoms with Gasteiger partial charge >= 0.3 is 5.97 Å². The van der Waals surface area contributed by atoms with Crippen molar-refractivity contribution >= 4 is 48.1 Å². The van der Waals surface area contributed by atoms with Gasteiger partial charge in [0.2, 0.25) is 17.7 Å². The molecule has 7 N–H and O–H groups in total. The molecular weight excluding hydrogens is 468 g/mol. The smallest absolute Gasteiger partial charge is 0.326 e. The summed E-state index contributed by atoms with van der Waals surface area (Å²) in [6, 6.07) is -3.98. The predicted octanol–water partition coefficient (Wildman–Crippen LogP) is -0.452. The highest BCUT2D eigenvalue weighted by Crippen LogP contribution is 2.10. The number of aromatic nitrogens is 2. The first-order valence-electron chi connectivity index (χ1n) is 10.6. The lowest BCUT2D eigenvalue weighted by atomic mass is 9.98. The standard InChI is InChI=1S/C20H34N6O5S2/c1-4-11(2)16(20(30)31)26-18(28)14(5-6-33-3)24-19(29)15(9-32)25-17(27)13(21)7-12-8-22-10-23-12/h8,10-11,13-16,32H,4-7,9,21H2,1-3H3,(H,22,23)(H,24,29)(H,25,27)(H,26,28)(H,30,31). The fourth-order valence-electron chi connectivity index (χ4n) is 2.91. The molecule has 0 aliphatic rings. The fraction of sp³-hybridized carbons (Fsp3) is 0.650. The van der Waals surface area contributed by atoms with Gasteiger partial charge in [-0.05, 0) is 24.3 Å². The van der Waals surface area contributed by atoms with E-state index in [2.05, 4.69) is 38.5 Å². The van der Waals surface area contributed by atoms with Crippen molar-refractivity contribution in [2.45, 2.75) is 57.3 Å². The third kappa shape index (κ3) is 9.64. The van der Waals surface area contributed by atoms with Crippen molar-refractivity contribution in [2.75, 3.05) is 17.8 Å². The second-order valence-corrected chi connectivity index (χ2v) is 9.03. The third-order valence-corrected chi connectivity index (χ3v) is 6.18. The number of hydrogen-bond donors (Lipinski definition) is 7. The maximum atomic E-state index is 12.8. The summed E-state index contributed by atoms with van der Waals surface area (Å²) in [7, 11) is 0. The first kappa shape index (κ1) is 28.8. The lowest BCUT2D eigenvalue weighted by Crippen LogP contribution is -2.58. The second kappa shape index (κ2) is 14.8. The van der Waals surface area contributed by atoms with Gasteiger partial charge in [-0.25, -0.2) is 9.78 Å². The highest BCUT2D eigenvalue weighted by Gasteiger charge is 2.31. The normalized spacial score (nSPS) is 15.5. The Kier molecular flexibility index (Phi) is 12.9. The average molecular weight is 503 g/mol. The van der Waals surface area contributed by atoms with E-state index in [1.165, 1.54) is 18.1 Å². The number of carbonyl (C=O) groups excluding carboxylic acids is 3. The van der Waals surface area contributed by atoms with Gasteiger partial charge in [-0.15, -0.1) is 0 Å². The van der Waals surface area contributed by atoms with Crippen LogP contribution in [0.15, 0.2) is 12.5 Å². The molecule has 1 heterocycles. The molecule has 5 atom stereocenters. The Labute approximate surface area is 203 Å². The summed E-state index contributed by atoms with van der Waals surface area (Å²) in [5, 5.41) is 17.1. The molecule has 13 heteroatoms. The fourth-order valence-corrected chi connectivity index (χ4v) is 3.64. The minimum atomic E-state index is -1.14. The van der Waals surface area contributed by atoms with Crippen LogP contribution < -0.4 is 21.7 Å². The van der Waals surface area contributed by atoms with Gasteiger partial charge in [-0.1, -0.05) is 20.3 Å². The van der Waals surface area contributed by atoms with E-state index in [1.54, 1.807) is 13.1 Å². The van der Waals surface area contributed by atoms with E-state index in [4.69, 9.17) is 5.73 Å². The summed E-state index contributed by atoms with van der Waals surface area (Å²) in [6.45, 7) is 3.56. The SMILES string of the molecule is CCC(C)C(NC(=O)C(CCSC)NC(=O)C(CS)NC(=O)C(N)Cc1cnc[nH]1)C(=O)O. The number of nitrogens with two attached hydrogens (primary N) is 1. The molecule has 1 aromatic rings. The molecule has 0 saturated heterocycles. The summed E-state index contributed by atoms with van der Waals surface area (Å²) in [5.41, 5.74) is 6.59. The number of thioether (sulfide) groups is 1. The Morgan fingerprint density at radius 2 is 1.82 bits per heavy atom. The van der Waals surface area contributed by atoms with Crippen LogP contribution in [0.2, 0.25) is 0 Å². The number of imidazole rings is 1. The van der Waals surface area contributed by atoms with Crippen LogP contribution in [0.5, 0.6) is 0 Å². The van der Waals surface area contributed by atoms with E-state index in [-0.39, 0.29) is 24.5 Å². The molecule has 33 heavy (non-hydrogen) atoms. The number of carbonyl (C=O) groups is 4. The van der Waals surface area contributed by atoms with Crippen LogP contribution in [0, 0.1) is 5.92 Å². The molecule has 186 valence electrons. The summed E-state index contributed by atoms with van der Waals surface area (Å²) in [5.74, 6) is -2.63. The molecule has 0 aromatic carbocycles. The van der Waals surface area contributed by atoms with Crippen LogP contribution in [0.1, 0.15) is 32.4 Å². The van der Waals surface area contributed by atoms with E-state index >= 15 is 0 Å².